The number of carbonyl (C=O) groups excluding carboxylic acids is 2. The van der Waals surface area contributed by atoms with Crippen molar-refractivity contribution in [3.8, 4) is 0 Å². The summed E-state index contributed by atoms with van der Waals surface area (Å²) < 4.78 is 5.68. The van der Waals surface area contributed by atoms with Gasteiger partial charge in [-0.1, -0.05) is 31.2 Å². The average molecular weight is 346 g/mol. The maximum Gasteiger partial charge on any atom is 0.243 e. The molecule has 2 amide bonds. The first kappa shape index (κ1) is 19.4. The Balaban J connectivity index is 1.94. The fourth-order valence-electron chi connectivity index (χ4n) is 3.12. The summed E-state index contributed by atoms with van der Waals surface area (Å²) in [6, 6.07) is 7.65. The highest BCUT2D eigenvalue weighted by atomic mass is 16.5. The Morgan fingerprint density at radius 3 is 2.68 bits per heavy atom. The van der Waals surface area contributed by atoms with Crippen molar-refractivity contribution < 1.29 is 14.3 Å². The van der Waals surface area contributed by atoms with Gasteiger partial charge in [0.05, 0.1) is 12.7 Å². The molecule has 1 aromatic rings. The Morgan fingerprint density at radius 2 is 2.00 bits per heavy atom. The number of rotatable bonds is 8. The number of hydrogen-bond acceptors (Lipinski definition) is 3. The quantitative estimate of drug-likeness (QED) is 0.787. The second-order valence-corrected chi connectivity index (χ2v) is 6.84. The van der Waals surface area contributed by atoms with Gasteiger partial charge in [0.1, 0.15) is 6.04 Å². The third-order valence-corrected chi connectivity index (χ3v) is 4.48. The molecule has 2 rings (SSSR count). The van der Waals surface area contributed by atoms with Crippen LogP contribution in [0.5, 0.6) is 0 Å². The highest BCUT2D eigenvalue weighted by Gasteiger charge is 2.33. The first-order valence-electron chi connectivity index (χ1n) is 9.28. The van der Waals surface area contributed by atoms with Crippen molar-refractivity contribution in [2.75, 3.05) is 6.54 Å². The molecule has 0 aromatic heterocycles. The van der Waals surface area contributed by atoms with Crippen LogP contribution in [0, 0.1) is 0 Å². The molecule has 5 heteroatoms. The summed E-state index contributed by atoms with van der Waals surface area (Å²) in [4.78, 5) is 26.5. The van der Waals surface area contributed by atoms with E-state index in [1.165, 1.54) is 0 Å². The molecule has 1 aromatic carbocycles. The molecule has 0 radical (unpaired) electrons. The summed E-state index contributed by atoms with van der Waals surface area (Å²) in [5.41, 5.74) is 2.14. The van der Waals surface area contributed by atoms with Crippen molar-refractivity contribution >= 4 is 11.8 Å². The molecule has 1 aliphatic rings. The highest BCUT2D eigenvalue weighted by Crippen LogP contribution is 2.19. The molecular weight excluding hydrogens is 316 g/mol. The number of carbonyl (C=O) groups is 2. The van der Waals surface area contributed by atoms with E-state index in [1.54, 1.807) is 4.90 Å². The van der Waals surface area contributed by atoms with E-state index in [1.807, 2.05) is 45.0 Å². The topological polar surface area (TPSA) is 58.6 Å². The summed E-state index contributed by atoms with van der Waals surface area (Å²) >= 11 is 0. The van der Waals surface area contributed by atoms with Gasteiger partial charge in [0.25, 0.3) is 0 Å². The van der Waals surface area contributed by atoms with Crippen molar-refractivity contribution in [3.63, 3.8) is 0 Å². The van der Waals surface area contributed by atoms with Gasteiger partial charge in [-0.25, -0.2) is 0 Å². The van der Waals surface area contributed by atoms with E-state index in [9.17, 15) is 9.59 Å². The van der Waals surface area contributed by atoms with E-state index >= 15 is 0 Å². The Labute approximate surface area is 150 Å². The van der Waals surface area contributed by atoms with Crippen molar-refractivity contribution in [2.45, 2.75) is 71.8 Å². The summed E-state index contributed by atoms with van der Waals surface area (Å²) in [7, 11) is 0. The van der Waals surface area contributed by atoms with E-state index < -0.39 is 0 Å². The first-order chi connectivity index (χ1) is 12.0. The van der Waals surface area contributed by atoms with Crippen LogP contribution in [-0.2, 0) is 27.5 Å². The van der Waals surface area contributed by atoms with Gasteiger partial charge in [-0.3, -0.25) is 9.59 Å². The Kier molecular flexibility index (Phi) is 7.44. The number of likely N-dealkylation sites (tertiary alicyclic amines) is 1. The number of hydrogen-bond donors (Lipinski definition) is 1. The molecule has 0 bridgehead atoms. The zero-order chi connectivity index (χ0) is 18.2. The maximum absolute atomic E-state index is 12.6. The van der Waals surface area contributed by atoms with Gasteiger partial charge in [-0.15, -0.1) is 0 Å². The molecule has 1 fully saturated rings. The van der Waals surface area contributed by atoms with Crippen LogP contribution in [0.3, 0.4) is 0 Å². The third kappa shape index (κ3) is 5.56. The Morgan fingerprint density at radius 1 is 1.28 bits per heavy atom. The van der Waals surface area contributed by atoms with Gasteiger partial charge in [0, 0.05) is 19.5 Å². The van der Waals surface area contributed by atoms with Crippen molar-refractivity contribution in [1.82, 2.24) is 10.2 Å². The summed E-state index contributed by atoms with van der Waals surface area (Å²) in [5.74, 6) is 0.0346. The highest BCUT2D eigenvalue weighted by molar-refractivity contribution is 5.88. The molecular formula is C20H30N2O3. The van der Waals surface area contributed by atoms with E-state index in [0.29, 0.717) is 26.1 Å². The van der Waals surface area contributed by atoms with Gasteiger partial charge in [-0.2, -0.15) is 0 Å². The standard InChI is InChI=1S/C20H30N2O3/c1-4-8-19(23)22-12-7-11-18(22)20(24)21-13-16-9-5-6-10-17(16)14-25-15(2)3/h5-6,9-10,15,18H,4,7-8,11-14H2,1-3H3,(H,21,24). The first-order valence-corrected chi connectivity index (χ1v) is 9.28. The Hall–Kier alpha value is -1.88. The maximum atomic E-state index is 12.6. The van der Waals surface area contributed by atoms with Crippen molar-refractivity contribution in [2.24, 2.45) is 0 Å². The molecule has 0 spiro atoms. The Bertz CT molecular complexity index is 586. The lowest BCUT2D eigenvalue weighted by Crippen LogP contribution is -2.45. The van der Waals surface area contributed by atoms with Crippen LogP contribution in [0.15, 0.2) is 24.3 Å². The van der Waals surface area contributed by atoms with Gasteiger partial charge in [0.2, 0.25) is 11.8 Å². The monoisotopic (exact) mass is 346 g/mol. The summed E-state index contributed by atoms with van der Waals surface area (Å²) in [5, 5.41) is 3.01. The van der Waals surface area contributed by atoms with Crippen LogP contribution in [0.2, 0.25) is 0 Å². The summed E-state index contributed by atoms with van der Waals surface area (Å²) in [6.45, 7) is 7.69. The lowest BCUT2D eigenvalue weighted by molar-refractivity contribution is -0.138. The number of benzene rings is 1. The lowest BCUT2D eigenvalue weighted by atomic mass is 10.1. The van der Waals surface area contributed by atoms with Gasteiger partial charge >= 0.3 is 0 Å². The number of nitrogens with zero attached hydrogens (tertiary/aromatic N) is 1. The molecule has 0 aliphatic carbocycles. The zero-order valence-electron chi connectivity index (χ0n) is 15.6. The molecule has 1 aliphatic heterocycles. The van der Waals surface area contributed by atoms with Crippen LogP contribution in [-0.4, -0.2) is 35.4 Å². The van der Waals surface area contributed by atoms with E-state index in [-0.39, 0.29) is 24.0 Å². The predicted octanol–water partition coefficient (Wildman–Crippen LogP) is 3.02. The number of ether oxygens (including phenoxy) is 1. The summed E-state index contributed by atoms with van der Waals surface area (Å²) in [6.07, 6.45) is 3.14. The van der Waals surface area contributed by atoms with Crippen LogP contribution >= 0.6 is 0 Å². The largest absolute Gasteiger partial charge is 0.374 e. The van der Waals surface area contributed by atoms with Crippen LogP contribution in [0.25, 0.3) is 0 Å². The third-order valence-electron chi connectivity index (χ3n) is 4.48. The van der Waals surface area contributed by atoms with E-state index in [2.05, 4.69) is 5.32 Å². The molecule has 1 unspecified atom stereocenters. The van der Waals surface area contributed by atoms with Crippen molar-refractivity contribution in [1.29, 1.82) is 0 Å². The lowest BCUT2D eigenvalue weighted by Gasteiger charge is -2.24. The van der Waals surface area contributed by atoms with E-state index in [0.717, 1.165) is 30.4 Å². The minimum absolute atomic E-state index is 0.0541. The molecule has 138 valence electrons. The van der Waals surface area contributed by atoms with Gasteiger partial charge in [-0.05, 0) is 44.2 Å². The second-order valence-electron chi connectivity index (χ2n) is 6.84. The minimum atomic E-state index is -0.321. The fourth-order valence-corrected chi connectivity index (χ4v) is 3.12. The average Bonchev–Trinajstić information content (AvgIpc) is 3.08. The SMILES string of the molecule is CCCC(=O)N1CCCC1C(=O)NCc1ccccc1COC(C)C. The molecule has 1 atom stereocenters. The molecule has 0 saturated carbocycles. The fraction of sp³-hybridized carbons (Fsp3) is 0.600. The molecule has 1 heterocycles. The van der Waals surface area contributed by atoms with Crippen molar-refractivity contribution in [3.05, 3.63) is 35.4 Å². The minimum Gasteiger partial charge on any atom is -0.374 e. The smallest absolute Gasteiger partial charge is 0.243 e. The molecule has 25 heavy (non-hydrogen) atoms. The molecule has 1 N–H and O–H groups in total. The van der Waals surface area contributed by atoms with Crippen LogP contribution in [0.4, 0.5) is 0 Å². The normalized spacial score (nSPS) is 17.1. The number of amides is 2. The predicted molar refractivity (Wildman–Crippen MR) is 97.9 cm³/mol. The van der Waals surface area contributed by atoms with Gasteiger partial charge < -0.3 is 15.0 Å². The zero-order valence-corrected chi connectivity index (χ0v) is 15.6. The van der Waals surface area contributed by atoms with Gasteiger partial charge in [0.15, 0.2) is 0 Å². The van der Waals surface area contributed by atoms with Crippen LogP contribution < -0.4 is 5.32 Å². The molecule has 5 nitrogen and oxygen atoms in total. The van der Waals surface area contributed by atoms with Crippen LogP contribution in [0.1, 0.15) is 57.6 Å². The second kappa shape index (κ2) is 9.56. The van der Waals surface area contributed by atoms with E-state index in [4.69, 9.17) is 4.74 Å². The molecule has 1 saturated heterocycles. The number of nitrogens with one attached hydrogen (secondary N) is 1.